The van der Waals surface area contributed by atoms with Crippen molar-refractivity contribution in [1.82, 2.24) is 5.32 Å². The number of nitrogens with one attached hydrogen (secondary N) is 1. The third kappa shape index (κ3) is 8.59. The minimum atomic E-state index is 0.0106. The van der Waals surface area contributed by atoms with Gasteiger partial charge < -0.3 is 5.32 Å². The molecule has 0 heterocycles. The van der Waals surface area contributed by atoms with E-state index < -0.39 is 0 Å². The molecule has 0 unspecified atom stereocenters. The van der Waals surface area contributed by atoms with Crippen LogP contribution in [0.15, 0.2) is 30.8 Å². The number of amides is 1. The van der Waals surface area contributed by atoms with Crippen LogP contribution >= 0.6 is 0 Å². The lowest BCUT2D eigenvalue weighted by Gasteiger charge is -2.07. The van der Waals surface area contributed by atoms with E-state index in [1.54, 1.807) is 6.08 Å². The number of benzene rings is 1. The van der Waals surface area contributed by atoms with Gasteiger partial charge in [-0.15, -0.1) is 0 Å². The first-order chi connectivity index (χ1) is 11.3. The lowest BCUT2D eigenvalue weighted by Crippen LogP contribution is -2.25. The summed E-state index contributed by atoms with van der Waals surface area (Å²) in [4.78, 5) is 12.1. The second-order valence-electron chi connectivity index (χ2n) is 6.23. The van der Waals surface area contributed by atoms with Crippen LogP contribution in [-0.2, 0) is 0 Å². The minimum absolute atomic E-state index is 0.0106. The lowest BCUT2D eigenvalue weighted by molar-refractivity contribution is 0.0952. The Labute approximate surface area is 142 Å². The third-order valence-corrected chi connectivity index (χ3v) is 4.24. The molecule has 1 aromatic carbocycles. The summed E-state index contributed by atoms with van der Waals surface area (Å²) < 4.78 is 0. The van der Waals surface area contributed by atoms with Crippen LogP contribution in [0, 0.1) is 0 Å². The van der Waals surface area contributed by atoms with E-state index in [4.69, 9.17) is 0 Å². The van der Waals surface area contributed by atoms with Gasteiger partial charge in [0.05, 0.1) is 0 Å². The molecule has 0 aromatic heterocycles. The maximum atomic E-state index is 12.1. The predicted octanol–water partition coefficient (Wildman–Crippen LogP) is 5.98. The smallest absolute Gasteiger partial charge is 0.251 e. The normalized spacial score (nSPS) is 10.5. The van der Waals surface area contributed by atoms with Gasteiger partial charge in [0, 0.05) is 12.1 Å². The highest BCUT2D eigenvalue weighted by molar-refractivity contribution is 5.97. The molecule has 0 aliphatic heterocycles. The van der Waals surface area contributed by atoms with Gasteiger partial charge in [0.2, 0.25) is 0 Å². The predicted molar refractivity (Wildman–Crippen MR) is 101 cm³/mol. The van der Waals surface area contributed by atoms with E-state index in [0.29, 0.717) is 0 Å². The summed E-state index contributed by atoms with van der Waals surface area (Å²) >= 11 is 0. The van der Waals surface area contributed by atoms with Crippen molar-refractivity contribution in [1.29, 1.82) is 0 Å². The van der Waals surface area contributed by atoms with Crippen LogP contribution in [0.3, 0.4) is 0 Å². The van der Waals surface area contributed by atoms with Crippen molar-refractivity contribution in [3.63, 3.8) is 0 Å². The maximum Gasteiger partial charge on any atom is 0.251 e. The quantitative estimate of drug-likeness (QED) is 0.446. The molecular weight excluding hydrogens is 282 g/mol. The zero-order valence-corrected chi connectivity index (χ0v) is 14.8. The molecule has 0 aliphatic carbocycles. The molecule has 0 saturated heterocycles. The zero-order chi connectivity index (χ0) is 16.8. The molecule has 0 aliphatic rings. The Bertz CT molecular complexity index is 453. The van der Waals surface area contributed by atoms with Gasteiger partial charge in [-0.3, -0.25) is 4.79 Å². The summed E-state index contributed by atoms with van der Waals surface area (Å²) in [6.07, 6.45) is 14.9. The fraction of sp³-hybridized carbons (Fsp3) is 0.571. The number of hydrogen-bond donors (Lipinski definition) is 1. The van der Waals surface area contributed by atoms with Crippen LogP contribution in [0.2, 0.25) is 0 Å². The Kier molecular flexibility index (Phi) is 10.9. The van der Waals surface area contributed by atoms with Crippen LogP contribution in [0.5, 0.6) is 0 Å². The van der Waals surface area contributed by atoms with E-state index in [1.165, 1.54) is 57.8 Å². The Morgan fingerprint density at radius 2 is 1.52 bits per heavy atom. The van der Waals surface area contributed by atoms with Gasteiger partial charge in [-0.2, -0.15) is 0 Å². The Morgan fingerprint density at radius 3 is 2.13 bits per heavy atom. The van der Waals surface area contributed by atoms with Crippen molar-refractivity contribution in [2.75, 3.05) is 6.54 Å². The monoisotopic (exact) mass is 315 g/mol. The van der Waals surface area contributed by atoms with Gasteiger partial charge in [-0.25, -0.2) is 0 Å². The highest BCUT2D eigenvalue weighted by Gasteiger charge is 2.07. The third-order valence-electron chi connectivity index (χ3n) is 4.24. The van der Waals surface area contributed by atoms with E-state index >= 15 is 0 Å². The summed E-state index contributed by atoms with van der Waals surface area (Å²) in [6.45, 7) is 6.78. The van der Waals surface area contributed by atoms with Gasteiger partial charge in [0.15, 0.2) is 0 Å². The van der Waals surface area contributed by atoms with Crippen LogP contribution in [-0.4, -0.2) is 12.5 Å². The molecule has 128 valence electrons. The molecule has 0 spiro atoms. The van der Waals surface area contributed by atoms with Gasteiger partial charge in [-0.1, -0.05) is 95.6 Å². The summed E-state index contributed by atoms with van der Waals surface area (Å²) in [5.41, 5.74) is 1.61. The molecule has 1 aromatic rings. The minimum Gasteiger partial charge on any atom is -0.352 e. The summed E-state index contributed by atoms with van der Waals surface area (Å²) in [6, 6.07) is 7.59. The highest BCUT2D eigenvalue weighted by Crippen LogP contribution is 2.11. The second-order valence-corrected chi connectivity index (χ2v) is 6.23. The van der Waals surface area contributed by atoms with Crippen molar-refractivity contribution in [2.24, 2.45) is 0 Å². The molecule has 0 radical (unpaired) electrons. The molecular formula is C21H33NO. The van der Waals surface area contributed by atoms with Gasteiger partial charge >= 0.3 is 0 Å². The van der Waals surface area contributed by atoms with Crippen LogP contribution < -0.4 is 5.32 Å². The number of hydrogen-bond acceptors (Lipinski definition) is 1. The van der Waals surface area contributed by atoms with E-state index in [2.05, 4.69) is 18.8 Å². The first kappa shape index (κ1) is 19.5. The van der Waals surface area contributed by atoms with Gasteiger partial charge in [0.1, 0.15) is 0 Å². The van der Waals surface area contributed by atoms with Crippen molar-refractivity contribution >= 4 is 12.0 Å². The summed E-state index contributed by atoms with van der Waals surface area (Å²) in [5.74, 6) is 0.0106. The number of carbonyl (C=O) groups is 1. The fourth-order valence-electron chi connectivity index (χ4n) is 2.79. The fourth-order valence-corrected chi connectivity index (χ4v) is 2.79. The van der Waals surface area contributed by atoms with Crippen LogP contribution in [0.1, 0.15) is 87.1 Å². The van der Waals surface area contributed by atoms with Crippen molar-refractivity contribution in [3.05, 3.63) is 42.0 Å². The van der Waals surface area contributed by atoms with Crippen molar-refractivity contribution < 1.29 is 4.79 Å². The average molecular weight is 316 g/mol. The molecule has 0 fully saturated rings. The average Bonchev–Trinajstić information content (AvgIpc) is 2.59. The zero-order valence-electron chi connectivity index (χ0n) is 14.8. The number of carbonyl (C=O) groups excluding carboxylic acids is 1. The first-order valence-corrected chi connectivity index (χ1v) is 9.29. The molecule has 1 rings (SSSR count). The molecule has 23 heavy (non-hydrogen) atoms. The standard InChI is InChI=1S/C21H33NO/c1-3-5-6-7-8-9-10-11-12-15-18-22-21(23)20-17-14-13-16-19(20)4-2/h4,13-14,16-17H,2-3,5-12,15,18H2,1H3,(H,22,23). The number of unbranched alkanes of at least 4 members (excludes halogenated alkanes) is 9. The molecule has 1 N–H and O–H groups in total. The molecule has 0 saturated carbocycles. The topological polar surface area (TPSA) is 29.1 Å². The Hall–Kier alpha value is -1.57. The van der Waals surface area contributed by atoms with Crippen LogP contribution in [0.4, 0.5) is 0 Å². The largest absolute Gasteiger partial charge is 0.352 e. The van der Waals surface area contributed by atoms with Gasteiger partial charge in [0.25, 0.3) is 5.91 Å². The lowest BCUT2D eigenvalue weighted by atomic mass is 10.1. The molecule has 0 atom stereocenters. The summed E-state index contributed by atoms with van der Waals surface area (Å²) in [7, 11) is 0. The van der Waals surface area contributed by atoms with Crippen molar-refractivity contribution in [2.45, 2.75) is 71.1 Å². The van der Waals surface area contributed by atoms with E-state index in [0.717, 1.165) is 24.1 Å². The Balaban J connectivity index is 2.02. The van der Waals surface area contributed by atoms with Crippen molar-refractivity contribution in [3.8, 4) is 0 Å². The highest BCUT2D eigenvalue weighted by atomic mass is 16.1. The first-order valence-electron chi connectivity index (χ1n) is 9.29. The molecule has 1 amide bonds. The molecule has 2 heteroatoms. The van der Waals surface area contributed by atoms with Gasteiger partial charge in [-0.05, 0) is 18.1 Å². The summed E-state index contributed by atoms with van der Waals surface area (Å²) in [5, 5.41) is 3.01. The Morgan fingerprint density at radius 1 is 0.957 bits per heavy atom. The number of rotatable bonds is 13. The maximum absolute atomic E-state index is 12.1. The van der Waals surface area contributed by atoms with E-state index in [1.807, 2.05) is 24.3 Å². The molecule has 2 nitrogen and oxygen atoms in total. The second kappa shape index (κ2) is 12.9. The SMILES string of the molecule is C=Cc1ccccc1C(=O)NCCCCCCCCCCCC. The van der Waals surface area contributed by atoms with E-state index in [-0.39, 0.29) is 5.91 Å². The van der Waals surface area contributed by atoms with Crippen LogP contribution in [0.25, 0.3) is 6.08 Å². The van der Waals surface area contributed by atoms with E-state index in [9.17, 15) is 4.79 Å². The molecule has 0 bridgehead atoms.